The van der Waals surface area contributed by atoms with E-state index in [0.29, 0.717) is 17.0 Å². The maximum Gasteiger partial charge on any atom is 0.269 e. The third-order valence-electron chi connectivity index (χ3n) is 5.11. The molecule has 0 aliphatic carbocycles. The van der Waals surface area contributed by atoms with Gasteiger partial charge in [-0.1, -0.05) is 48.5 Å². The highest BCUT2D eigenvalue weighted by atomic mass is 16.6. The molecule has 3 aromatic rings. The van der Waals surface area contributed by atoms with Gasteiger partial charge >= 0.3 is 0 Å². The number of nitrogens with one attached hydrogen (secondary N) is 2. The minimum atomic E-state index is -1.22. The average Bonchev–Trinajstić information content (AvgIpc) is 2.96. The molecule has 1 heterocycles. The first kappa shape index (κ1) is 21.8. The summed E-state index contributed by atoms with van der Waals surface area (Å²) in [6.07, 6.45) is -1.22. The number of carbonyl (C=O) groups is 2. The van der Waals surface area contributed by atoms with Crippen LogP contribution in [0.4, 0.5) is 11.4 Å². The van der Waals surface area contributed by atoms with Crippen LogP contribution in [0.5, 0.6) is 0 Å². The van der Waals surface area contributed by atoms with Gasteiger partial charge in [-0.05, 0) is 17.7 Å². The molecule has 0 fully saturated rings. The number of nitro groups is 1. The summed E-state index contributed by atoms with van der Waals surface area (Å²) >= 11 is 0. The Kier molecular flexibility index (Phi) is 6.23. The van der Waals surface area contributed by atoms with Gasteiger partial charge in [-0.2, -0.15) is 0 Å². The fourth-order valence-electron chi connectivity index (χ4n) is 3.57. The van der Waals surface area contributed by atoms with Crippen molar-refractivity contribution >= 4 is 28.9 Å². The number of benzodiazepines with no additional fused rings is 1. The lowest BCUT2D eigenvalue weighted by molar-refractivity contribution is -0.384. The van der Waals surface area contributed by atoms with Gasteiger partial charge in [-0.25, -0.2) is 4.99 Å². The Morgan fingerprint density at radius 2 is 1.85 bits per heavy atom. The van der Waals surface area contributed by atoms with Gasteiger partial charge in [0.2, 0.25) is 6.17 Å². The number of aliphatic imine (C=N–C) groups is 1. The number of hydrogen-bond acceptors (Lipinski definition) is 6. The maximum absolute atomic E-state index is 13.1. The van der Waals surface area contributed by atoms with E-state index in [1.807, 2.05) is 42.5 Å². The number of carbonyl (C=O) groups excluding carboxylic acids is 2. The van der Waals surface area contributed by atoms with Gasteiger partial charge < -0.3 is 15.4 Å². The van der Waals surface area contributed by atoms with Crippen LogP contribution in [0.25, 0.3) is 0 Å². The van der Waals surface area contributed by atoms with E-state index in [2.05, 4.69) is 15.6 Å². The van der Waals surface area contributed by atoms with Crippen molar-refractivity contribution in [3.63, 3.8) is 0 Å². The fraction of sp³-hybridized carbons (Fsp3) is 0.125. The molecule has 0 spiro atoms. The summed E-state index contributed by atoms with van der Waals surface area (Å²) < 4.78 is 5.09. The molecular weight excluding hydrogens is 424 g/mol. The normalized spacial score (nSPS) is 15.0. The Bertz CT molecular complexity index is 1260. The second kappa shape index (κ2) is 9.41. The number of amides is 2. The molecule has 9 nitrogen and oxygen atoms in total. The summed E-state index contributed by atoms with van der Waals surface area (Å²) in [6, 6.07) is 20.5. The van der Waals surface area contributed by atoms with Crippen LogP contribution in [-0.2, 0) is 16.1 Å². The summed E-state index contributed by atoms with van der Waals surface area (Å²) in [5.41, 5.74) is 2.97. The zero-order valence-electron chi connectivity index (χ0n) is 17.6. The Labute approximate surface area is 189 Å². The largest absolute Gasteiger partial charge is 0.380 e. The summed E-state index contributed by atoms with van der Waals surface area (Å²) in [5.74, 6) is -1.10. The summed E-state index contributed by atoms with van der Waals surface area (Å²) in [6.45, 7) is -0.00866. The highest BCUT2D eigenvalue weighted by Crippen LogP contribution is 2.24. The molecular formula is C24H20N4O5. The standard InChI is InChI=1S/C24H20N4O5/c1-33-14-16-13-17(28(31)32)11-12-18(16)23(29)27-22-24(30)25-20-10-6-5-9-19(20)21(26-22)15-7-3-2-4-8-15/h2-13,22H,14H2,1H3,(H,25,30)(H,27,29). The number of rotatable bonds is 6. The van der Waals surface area contributed by atoms with E-state index in [4.69, 9.17) is 4.74 Å². The lowest BCUT2D eigenvalue weighted by atomic mass is 10.0. The first-order valence-corrected chi connectivity index (χ1v) is 10.1. The second-order valence-corrected chi connectivity index (χ2v) is 7.29. The maximum atomic E-state index is 13.1. The zero-order valence-corrected chi connectivity index (χ0v) is 17.6. The molecule has 4 rings (SSSR count). The molecule has 0 radical (unpaired) electrons. The third kappa shape index (κ3) is 4.63. The average molecular weight is 444 g/mol. The number of anilines is 1. The van der Waals surface area contributed by atoms with Crippen LogP contribution >= 0.6 is 0 Å². The minimum Gasteiger partial charge on any atom is -0.380 e. The summed E-state index contributed by atoms with van der Waals surface area (Å²) in [5, 5.41) is 16.6. The van der Waals surface area contributed by atoms with Gasteiger partial charge in [0.1, 0.15) is 0 Å². The number of nitrogens with zero attached hydrogens (tertiary/aromatic N) is 2. The van der Waals surface area contributed by atoms with Crippen LogP contribution in [0.1, 0.15) is 27.0 Å². The van der Waals surface area contributed by atoms with Crippen LogP contribution in [0, 0.1) is 10.1 Å². The number of benzene rings is 3. The molecule has 1 atom stereocenters. The van der Waals surface area contributed by atoms with E-state index in [0.717, 1.165) is 11.1 Å². The first-order valence-electron chi connectivity index (χ1n) is 10.1. The van der Waals surface area contributed by atoms with E-state index < -0.39 is 22.9 Å². The number of methoxy groups -OCH3 is 1. The van der Waals surface area contributed by atoms with Crippen LogP contribution in [0.15, 0.2) is 77.8 Å². The van der Waals surface area contributed by atoms with Gasteiger partial charge in [0.25, 0.3) is 17.5 Å². The number of non-ortho nitro benzene ring substituents is 1. The molecule has 166 valence electrons. The Balaban J connectivity index is 1.71. The van der Waals surface area contributed by atoms with Crippen LogP contribution in [-0.4, -0.2) is 35.7 Å². The van der Waals surface area contributed by atoms with Crippen molar-refractivity contribution in [1.29, 1.82) is 0 Å². The fourth-order valence-corrected chi connectivity index (χ4v) is 3.57. The second-order valence-electron chi connectivity index (χ2n) is 7.29. The highest BCUT2D eigenvalue weighted by Gasteiger charge is 2.28. The van der Waals surface area contributed by atoms with Crippen molar-refractivity contribution in [3.8, 4) is 0 Å². The molecule has 0 bridgehead atoms. The summed E-state index contributed by atoms with van der Waals surface area (Å²) in [7, 11) is 1.42. The molecule has 1 aliphatic rings. The van der Waals surface area contributed by atoms with Crippen molar-refractivity contribution in [1.82, 2.24) is 5.32 Å². The Morgan fingerprint density at radius 3 is 2.58 bits per heavy atom. The van der Waals surface area contributed by atoms with Crippen LogP contribution < -0.4 is 10.6 Å². The van der Waals surface area contributed by atoms with Crippen molar-refractivity contribution in [2.24, 2.45) is 4.99 Å². The topological polar surface area (TPSA) is 123 Å². The Morgan fingerprint density at radius 1 is 1.12 bits per heavy atom. The molecule has 9 heteroatoms. The van der Waals surface area contributed by atoms with E-state index in [1.165, 1.54) is 25.3 Å². The van der Waals surface area contributed by atoms with Crippen molar-refractivity contribution < 1.29 is 19.2 Å². The van der Waals surface area contributed by atoms with E-state index in [-0.39, 0.29) is 17.9 Å². The molecule has 3 aromatic carbocycles. The van der Waals surface area contributed by atoms with Crippen molar-refractivity contribution in [3.05, 3.63) is 105 Å². The van der Waals surface area contributed by atoms with Crippen molar-refractivity contribution in [2.75, 3.05) is 12.4 Å². The molecule has 33 heavy (non-hydrogen) atoms. The van der Waals surface area contributed by atoms with Gasteiger partial charge in [0, 0.05) is 35.9 Å². The number of hydrogen-bond donors (Lipinski definition) is 2. The van der Waals surface area contributed by atoms with Gasteiger partial charge in [-0.3, -0.25) is 19.7 Å². The number of ether oxygens (including phenoxy) is 1. The van der Waals surface area contributed by atoms with E-state index in [9.17, 15) is 19.7 Å². The summed E-state index contributed by atoms with van der Waals surface area (Å²) in [4.78, 5) is 41.2. The van der Waals surface area contributed by atoms with Crippen LogP contribution in [0.3, 0.4) is 0 Å². The predicted molar refractivity (Wildman–Crippen MR) is 122 cm³/mol. The quantitative estimate of drug-likeness (QED) is 0.446. The van der Waals surface area contributed by atoms with Crippen LogP contribution in [0.2, 0.25) is 0 Å². The lowest BCUT2D eigenvalue weighted by Gasteiger charge is -2.15. The number of nitro benzene ring substituents is 1. The van der Waals surface area contributed by atoms with Crippen molar-refractivity contribution in [2.45, 2.75) is 12.8 Å². The zero-order chi connectivity index (χ0) is 23.4. The van der Waals surface area contributed by atoms with Gasteiger partial charge in [0.05, 0.1) is 22.9 Å². The molecule has 0 saturated heterocycles. The van der Waals surface area contributed by atoms with E-state index >= 15 is 0 Å². The Hall–Kier alpha value is -4.37. The SMILES string of the molecule is COCc1cc([N+](=O)[O-])ccc1C(=O)NC1N=C(c2ccccc2)c2ccccc2NC1=O. The number of fused-ring (bicyclic) bond motifs is 1. The highest BCUT2D eigenvalue weighted by molar-refractivity contribution is 6.20. The monoisotopic (exact) mass is 444 g/mol. The third-order valence-corrected chi connectivity index (χ3v) is 5.11. The molecule has 1 unspecified atom stereocenters. The molecule has 0 aromatic heterocycles. The number of para-hydroxylation sites is 1. The van der Waals surface area contributed by atoms with E-state index in [1.54, 1.807) is 12.1 Å². The molecule has 1 aliphatic heterocycles. The predicted octanol–water partition coefficient (Wildman–Crippen LogP) is 3.29. The first-order chi connectivity index (χ1) is 16.0. The smallest absolute Gasteiger partial charge is 0.269 e. The van der Waals surface area contributed by atoms with Gasteiger partial charge in [-0.15, -0.1) is 0 Å². The molecule has 0 saturated carbocycles. The van der Waals surface area contributed by atoms with Gasteiger partial charge in [0.15, 0.2) is 0 Å². The molecule has 2 N–H and O–H groups in total. The minimum absolute atomic E-state index is 0.00866. The molecule has 2 amide bonds. The lowest BCUT2D eigenvalue weighted by Crippen LogP contribution is -2.42.